The number of halogens is 1. The van der Waals surface area contributed by atoms with E-state index in [4.69, 9.17) is 14.6 Å². The Hall–Kier alpha value is -3.02. The third-order valence-corrected chi connectivity index (χ3v) is 10.1. The second-order valence-electron chi connectivity index (χ2n) is 9.56. The molecule has 0 saturated carbocycles. The number of hydrazone groups is 1. The molecule has 2 aromatic rings. The van der Waals surface area contributed by atoms with Gasteiger partial charge < -0.3 is 19.7 Å². The van der Waals surface area contributed by atoms with Crippen LogP contribution in [0.1, 0.15) is 30.0 Å². The quantitative estimate of drug-likeness (QED) is 0.567. The van der Waals surface area contributed by atoms with Crippen molar-refractivity contribution < 1.29 is 27.8 Å². The van der Waals surface area contributed by atoms with Crippen LogP contribution in [-0.2, 0) is 6.42 Å². The van der Waals surface area contributed by atoms with Crippen LogP contribution in [0.5, 0.6) is 11.5 Å². The van der Waals surface area contributed by atoms with E-state index in [1.54, 1.807) is 0 Å². The SMILES string of the molecule is CNC(=O)N1N=C(c2ccc(N3CC4(CCS4(O)O)C3)cc2)c2c(c(F)cc(OC)c2OC)CC1C. The molecule has 1 unspecified atom stereocenters. The lowest BCUT2D eigenvalue weighted by Gasteiger charge is -2.67. The molecule has 9 nitrogen and oxygen atoms in total. The number of fused-ring (bicyclic) bond motifs is 1. The second kappa shape index (κ2) is 8.82. The Kier molecular flexibility index (Phi) is 6.05. The number of anilines is 1. The lowest BCUT2D eigenvalue weighted by Crippen LogP contribution is -2.69. The molecule has 2 fully saturated rings. The monoisotopic (exact) mass is 518 g/mol. The summed E-state index contributed by atoms with van der Waals surface area (Å²) < 4.78 is 46.4. The Morgan fingerprint density at radius 2 is 1.92 bits per heavy atom. The van der Waals surface area contributed by atoms with Gasteiger partial charge in [0.2, 0.25) is 0 Å². The molecule has 0 bridgehead atoms. The van der Waals surface area contributed by atoms with Crippen LogP contribution >= 0.6 is 10.6 Å². The third kappa shape index (κ3) is 3.68. The van der Waals surface area contributed by atoms with Crippen molar-refractivity contribution in [2.75, 3.05) is 45.0 Å². The van der Waals surface area contributed by atoms with Crippen molar-refractivity contribution in [3.63, 3.8) is 0 Å². The number of carbonyl (C=O) groups excluding carboxylic acids is 1. The van der Waals surface area contributed by atoms with Gasteiger partial charge in [0.1, 0.15) is 11.5 Å². The van der Waals surface area contributed by atoms with Gasteiger partial charge in [-0.25, -0.2) is 14.2 Å². The zero-order valence-electron chi connectivity index (χ0n) is 20.7. The van der Waals surface area contributed by atoms with Gasteiger partial charge in [-0.1, -0.05) is 12.1 Å². The van der Waals surface area contributed by atoms with E-state index in [-0.39, 0.29) is 16.9 Å². The number of ether oxygens (including phenoxy) is 2. The Morgan fingerprint density at radius 3 is 2.44 bits per heavy atom. The second-order valence-corrected chi connectivity index (χ2v) is 12.2. The summed E-state index contributed by atoms with van der Waals surface area (Å²) in [4.78, 5) is 14.8. The lowest BCUT2D eigenvalue weighted by atomic mass is 9.91. The van der Waals surface area contributed by atoms with Crippen LogP contribution in [0.4, 0.5) is 14.9 Å². The number of methoxy groups -OCH3 is 2. The molecule has 11 heteroatoms. The van der Waals surface area contributed by atoms with Crippen molar-refractivity contribution in [1.29, 1.82) is 0 Å². The van der Waals surface area contributed by atoms with Gasteiger partial charge in [-0.05, 0) is 31.9 Å². The number of urea groups is 1. The number of benzene rings is 2. The minimum atomic E-state index is -2.49. The van der Waals surface area contributed by atoms with Crippen LogP contribution in [0.15, 0.2) is 35.4 Å². The molecule has 1 spiro atoms. The van der Waals surface area contributed by atoms with Crippen molar-refractivity contribution in [3.05, 3.63) is 52.8 Å². The van der Waals surface area contributed by atoms with Gasteiger partial charge in [0, 0.05) is 48.8 Å². The third-order valence-electron chi connectivity index (χ3n) is 7.51. The molecule has 36 heavy (non-hydrogen) atoms. The van der Waals surface area contributed by atoms with Gasteiger partial charge in [0.25, 0.3) is 0 Å². The Labute approximate surface area is 211 Å². The highest BCUT2D eigenvalue weighted by Gasteiger charge is 2.59. The molecule has 3 heterocycles. The predicted molar refractivity (Wildman–Crippen MR) is 138 cm³/mol. The normalized spacial score (nSPS) is 22.4. The number of carbonyl (C=O) groups is 1. The number of amides is 2. The molecule has 0 aromatic heterocycles. The summed E-state index contributed by atoms with van der Waals surface area (Å²) in [6.07, 6.45) is 1.07. The molecule has 0 radical (unpaired) electrons. The van der Waals surface area contributed by atoms with E-state index in [2.05, 4.69) is 10.2 Å². The highest BCUT2D eigenvalue weighted by Crippen LogP contribution is 2.67. The van der Waals surface area contributed by atoms with Crippen molar-refractivity contribution >= 4 is 28.0 Å². The fourth-order valence-electron chi connectivity index (χ4n) is 5.25. The van der Waals surface area contributed by atoms with Gasteiger partial charge >= 0.3 is 6.03 Å². The molecule has 3 N–H and O–H groups in total. The largest absolute Gasteiger partial charge is 0.493 e. The highest BCUT2D eigenvalue weighted by atomic mass is 32.3. The first kappa shape index (κ1) is 24.7. The standard InChI is InChI=1S/C25H31FN4O5S/c1-15-11-18-19(26)12-20(34-3)23(35-4)21(18)22(28-30(15)24(31)27-2)16-5-7-17(8-6-16)29-13-25(14-29)9-10-36(25,32)33/h5-8,12,15,32-33H,9-11,13-14H2,1-4H3,(H,27,31). The van der Waals surface area contributed by atoms with Crippen molar-refractivity contribution in [2.24, 2.45) is 5.10 Å². The summed E-state index contributed by atoms with van der Waals surface area (Å²) in [5.74, 6) is 0.621. The van der Waals surface area contributed by atoms with Crippen LogP contribution in [0.25, 0.3) is 0 Å². The first-order chi connectivity index (χ1) is 17.1. The van der Waals surface area contributed by atoms with Crippen molar-refractivity contribution in [3.8, 4) is 11.5 Å². The van der Waals surface area contributed by atoms with Crippen LogP contribution in [0.2, 0.25) is 0 Å². The summed E-state index contributed by atoms with van der Waals surface area (Å²) in [6.45, 7) is 3.03. The smallest absolute Gasteiger partial charge is 0.337 e. The number of rotatable bonds is 4. The molecular weight excluding hydrogens is 487 g/mol. The topological polar surface area (TPSA) is 107 Å². The molecule has 194 valence electrons. The highest BCUT2D eigenvalue weighted by molar-refractivity contribution is 8.26. The van der Waals surface area contributed by atoms with Crippen LogP contribution in [0, 0.1) is 5.82 Å². The van der Waals surface area contributed by atoms with Gasteiger partial charge in [-0.15, -0.1) is 0 Å². The zero-order chi connectivity index (χ0) is 25.8. The maximum absolute atomic E-state index is 15.3. The minimum Gasteiger partial charge on any atom is -0.493 e. The number of nitrogens with one attached hydrogen (secondary N) is 1. The Balaban J connectivity index is 1.56. The maximum atomic E-state index is 15.3. The molecule has 2 aromatic carbocycles. The fraction of sp³-hybridized carbons (Fsp3) is 0.440. The number of hydrogen-bond donors (Lipinski definition) is 3. The summed E-state index contributed by atoms with van der Waals surface area (Å²) in [5.41, 5.74) is 2.87. The van der Waals surface area contributed by atoms with Gasteiger partial charge in [-0.3, -0.25) is 9.11 Å². The van der Waals surface area contributed by atoms with Crippen LogP contribution < -0.4 is 19.7 Å². The van der Waals surface area contributed by atoms with Gasteiger partial charge in [0.15, 0.2) is 11.5 Å². The number of hydrogen-bond acceptors (Lipinski definition) is 7. The molecule has 0 aliphatic carbocycles. The molecule has 5 rings (SSSR count). The van der Waals surface area contributed by atoms with Crippen LogP contribution in [-0.4, -0.2) is 76.8 Å². The molecule has 2 saturated heterocycles. The molecule has 3 aliphatic heterocycles. The first-order valence-electron chi connectivity index (χ1n) is 11.8. The summed E-state index contributed by atoms with van der Waals surface area (Å²) >= 11 is 0. The van der Waals surface area contributed by atoms with E-state index in [0.29, 0.717) is 47.0 Å². The van der Waals surface area contributed by atoms with Crippen molar-refractivity contribution in [1.82, 2.24) is 10.3 Å². The zero-order valence-corrected chi connectivity index (χ0v) is 21.6. The van der Waals surface area contributed by atoms with E-state index in [1.165, 1.54) is 32.3 Å². The van der Waals surface area contributed by atoms with E-state index >= 15 is 4.39 Å². The van der Waals surface area contributed by atoms with Gasteiger partial charge in [-0.2, -0.15) is 15.7 Å². The van der Waals surface area contributed by atoms with Crippen molar-refractivity contribution in [2.45, 2.75) is 30.6 Å². The summed E-state index contributed by atoms with van der Waals surface area (Å²) in [5, 5.41) is 8.63. The van der Waals surface area contributed by atoms with E-state index in [9.17, 15) is 13.9 Å². The maximum Gasteiger partial charge on any atom is 0.337 e. The average molecular weight is 519 g/mol. The Bertz CT molecular complexity index is 1230. The molecule has 2 amide bonds. The minimum absolute atomic E-state index is 0.238. The Morgan fingerprint density at radius 1 is 1.22 bits per heavy atom. The lowest BCUT2D eigenvalue weighted by molar-refractivity contribution is 0.184. The molecular formula is C25H31FN4O5S. The first-order valence-corrected chi connectivity index (χ1v) is 13.5. The summed E-state index contributed by atoms with van der Waals surface area (Å²) in [7, 11) is 1.97. The van der Waals surface area contributed by atoms with Gasteiger partial charge in [0.05, 0.1) is 30.6 Å². The summed E-state index contributed by atoms with van der Waals surface area (Å²) in [6, 6.07) is 8.08. The van der Waals surface area contributed by atoms with Crippen LogP contribution in [0.3, 0.4) is 0 Å². The van der Waals surface area contributed by atoms with E-state index in [0.717, 1.165) is 12.1 Å². The average Bonchev–Trinajstić information content (AvgIpc) is 2.99. The molecule has 1 atom stereocenters. The van der Waals surface area contributed by atoms with E-state index in [1.807, 2.05) is 31.2 Å². The fourth-order valence-corrected chi connectivity index (χ4v) is 7.12. The predicted octanol–water partition coefficient (Wildman–Crippen LogP) is 3.89. The number of nitrogens with zero attached hydrogens (tertiary/aromatic N) is 3. The molecule has 3 aliphatic rings. The van der Waals surface area contributed by atoms with E-state index < -0.39 is 28.5 Å².